The fourth-order valence-corrected chi connectivity index (χ4v) is 2.49. The summed E-state index contributed by atoms with van der Waals surface area (Å²) in [5.41, 5.74) is -1.03. The number of carboxylic acids is 1. The van der Waals surface area contributed by atoms with Gasteiger partial charge in [0.15, 0.2) is 0 Å². The summed E-state index contributed by atoms with van der Waals surface area (Å²) in [4.78, 5) is 11.2. The fraction of sp³-hybridized carbons (Fsp3) is 0.909. The van der Waals surface area contributed by atoms with Gasteiger partial charge in [-0.3, -0.25) is 4.79 Å². The van der Waals surface area contributed by atoms with Gasteiger partial charge in [0.2, 0.25) is 10.0 Å². The van der Waals surface area contributed by atoms with E-state index >= 15 is 0 Å². The number of ether oxygens (including phenoxy) is 1. The van der Waals surface area contributed by atoms with Crippen molar-refractivity contribution >= 4 is 16.0 Å². The van der Waals surface area contributed by atoms with Crippen molar-refractivity contribution in [3.8, 4) is 0 Å². The lowest BCUT2D eigenvalue weighted by Crippen LogP contribution is -2.43. The molecule has 0 aromatic heterocycles. The topological polar surface area (TPSA) is 92.7 Å². The van der Waals surface area contributed by atoms with Crippen LogP contribution in [-0.4, -0.2) is 45.0 Å². The molecule has 0 amide bonds. The molecule has 0 aromatic rings. The molecule has 0 saturated carbocycles. The Balaban J connectivity index is 4.48. The minimum Gasteiger partial charge on any atom is -0.481 e. The number of nitrogens with one attached hydrogen (secondary N) is 1. The summed E-state index contributed by atoms with van der Waals surface area (Å²) in [6.45, 7) is 5.76. The third-order valence-electron chi connectivity index (χ3n) is 3.14. The maximum absolute atomic E-state index is 11.6. The monoisotopic (exact) mass is 281 g/mol. The molecule has 0 aromatic carbocycles. The molecule has 0 aliphatic carbocycles. The normalized spacial score (nSPS) is 12.6. The van der Waals surface area contributed by atoms with Gasteiger partial charge in [0.1, 0.15) is 0 Å². The van der Waals surface area contributed by atoms with Crippen LogP contribution in [0, 0.1) is 5.41 Å². The highest BCUT2D eigenvalue weighted by Gasteiger charge is 2.35. The second-order valence-corrected chi connectivity index (χ2v) is 6.06. The Morgan fingerprint density at radius 1 is 1.28 bits per heavy atom. The zero-order valence-electron chi connectivity index (χ0n) is 11.2. The first kappa shape index (κ1) is 17.3. The standard InChI is InChI=1S/C11H23NO5S/c1-4-11(5-2,10(13)14)9-12-18(15,16)8-7-17-6-3/h12H,4-9H2,1-3H3,(H,13,14). The Morgan fingerprint density at radius 2 is 1.83 bits per heavy atom. The molecule has 18 heavy (non-hydrogen) atoms. The first-order valence-electron chi connectivity index (χ1n) is 6.12. The molecule has 0 fully saturated rings. The van der Waals surface area contributed by atoms with Crippen molar-refractivity contribution in [2.24, 2.45) is 5.41 Å². The van der Waals surface area contributed by atoms with Gasteiger partial charge in [0.05, 0.1) is 17.8 Å². The van der Waals surface area contributed by atoms with Gasteiger partial charge in [0.25, 0.3) is 0 Å². The summed E-state index contributed by atoms with van der Waals surface area (Å²) in [6, 6.07) is 0. The van der Waals surface area contributed by atoms with Gasteiger partial charge in [-0.15, -0.1) is 0 Å². The second-order valence-electron chi connectivity index (χ2n) is 4.13. The largest absolute Gasteiger partial charge is 0.481 e. The molecule has 0 aliphatic heterocycles. The maximum atomic E-state index is 11.6. The molecule has 0 radical (unpaired) electrons. The third-order valence-corrected chi connectivity index (χ3v) is 4.43. The number of rotatable bonds is 10. The second kappa shape index (κ2) is 7.70. The number of carboxylic acid groups (broad SMARTS) is 1. The molecule has 0 aliphatic rings. The number of hydrogen-bond acceptors (Lipinski definition) is 4. The maximum Gasteiger partial charge on any atom is 0.310 e. The van der Waals surface area contributed by atoms with Crippen molar-refractivity contribution < 1.29 is 23.1 Å². The molecular weight excluding hydrogens is 258 g/mol. The van der Waals surface area contributed by atoms with Crippen LogP contribution in [-0.2, 0) is 19.6 Å². The van der Waals surface area contributed by atoms with Crippen LogP contribution < -0.4 is 4.72 Å². The van der Waals surface area contributed by atoms with Crippen LogP contribution in [0.5, 0.6) is 0 Å². The number of hydrogen-bond donors (Lipinski definition) is 2. The molecular formula is C11H23NO5S. The SMILES string of the molecule is CCOCCS(=O)(=O)NCC(CC)(CC)C(=O)O. The lowest BCUT2D eigenvalue weighted by atomic mass is 9.83. The van der Waals surface area contributed by atoms with Gasteiger partial charge in [0, 0.05) is 13.2 Å². The third kappa shape index (κ3) is 5.32. The number of aliphatic carboxylic acids is 1. The van der Waals surface area contributed by atoms with E-state index in [1.165, 1.54) is 0 Å². The molecule has 2 N–H and O–H groups in total. The Bertz CT molecular complexity index is 348. The molecule has 0 bridgehead atoms. The number of sulfonamides is 1. The van der Waals surface area contributed by atoms with Gasteiger partial charge in [-0.25, -0.2) is 13.1 Å². The van der Waals surface area contributed by atoms with E-state index in [-0.39, 0.29) is 18.9 Å². The van der Waals surface area contributed by atoms with E-state index in [2.05, 4.69) is 4.72 Å². The van der Waals surface area contributed by atoms with E-state index in [1.807, 2.05) is 0 Å². The zero-order valence-corrected chi connectivity index (χ0v) is 12.0. The minimum absolute atomic E-state index is 0.0796. The quantitative estimate of drug-likeness (QED) is 0.579. The highest BCUT2D eigenvalue weighted by molar-refractivity contribution is 7.89. The molecule has 0 saturated heterocycles. The van der Waals surface area contributed by atoms with Crippen molar-refractivity contribution in [2.45, 2.75) is 33.6 Å². The van der Waals surface area contributed by atoms with Gasteiger partial charge < -0.3 is 9.84 Å². The van der Waals surface area contributed by atoms with E-state index in [9.17, 15) is 18.3 Å². The van der Waals surface area contributed by atoms with E-state index in [0.29, 0.717) is 19.4 Å². The van der Waals surface area contributed by atoms with Gasteiger partial charge in [-0.2, -0.15) is 0 Å². The van der Waals surface area contributed by atoms with Crippen LogP contribution in [0.25, 0.3) is 0 Å². The molecule has 0 unspecified atom stereocenters. The van der Waals surface area contributed by atoms with E-state index < -0.39 is 21.4 Å². The summed E-state index contributed by atoms with van der Waals surface area (Å²) < 4.78 is 30.6. The fourth-order valence-electron chi connectivity index (χ4n) is 1.51. The van der Waals surface area contributed by atoms with Crippen LogP contribution in [0.1, 0.15) is 33.6 Å². The van der Waals surface area contributed by atoms with Gasteiger partial charge in [-0.1, -0.05) is 13.8 Å². The number of carbonyl (C=O) groups is 1. The van der Waals surface area contributed by atoms with Gasteiger partial charge in [-0.05, 0) is 19.8 Å². The summed E-state index contributed by atoms with van der Waals surface area (Å²) in [5.74, 6) is -1.12. The molecule has 108 valence electrons. The average Bonchev–Trinajstić information content (AvgIpc) is 2.30. The van der Waals surface area contributed by atoms with E-state index in [1.54, 1.807) is 20.8 Å². The highest BCUT2D eigenvalue weighted by atomic mass is 32.2. The average molecular weight is 281 g/mol. The summed E-state index contributed by atoms with van der Waals surface area (Å²) in [6.07, 6.45) is 0.764. The summed E-state index contributed by atoms with van der Waals surface area (Å²) in [5, 5.41) is 9.18. The smallest absolute Gasteiger partial charge is 0.310 e. The van der Waals surface area contributed by atoms with Crippen molar-refractivity contribution in [1.29, 1.82) is 0 Å². The molecule has 0 heterocycles. The predicted octanol–water partition coefficient (Wildman–Crippen LogP) is 0.833. The Hall–Kier alpha value is -0.660. The van der Waals surface area contributed by atoms with Crippen LogP contribution in [0.15, 0.2) is 0 Å². The lowest BCUT2D eigenvalue weighted by Gasteiger charge is -2.26. The van der Waals surface area contributed by atoms with E-state index in [4.69, 9.17) is 4.74 Å². The highest BCUT2D eigenvalue weighted by Crippen LogP contribution is 2.25. The molecule has 6 nitrogen and oxygen atoms in total. The van der Waals surface area contributed by atoms with Crippen molar-refractivity contribution in [2.75, 3.05) is 25.5 Å². The summed E-state index contributed by atoms with van der Waals surface area (Å²) in [7, 11) is -3.48. The van der Waals surface area contributed by atoms with Crippen molar-refractivity contribution in [3.05, 3.63) is 0 Å². The van der Waals surface area contributed by atoms with Crippen LogP contribution in [0.3, 0.4) is 0 Å². The molecule has 0 rings (SSSR count). The van der Waals surface area contributed by atoms with Crippen LogP contribution in [0.4, 0.5) is 0 Å². The molecule has 7 heteroatoms. The lowest BCUT2D eigenvalue weighted by molar-refractivity contribution is -0.149. The minimum atomic E-state index is -3.48. The first-order valence-corrected chi connectivity index (χ1v) is 7.77. The zero-order chi connectivity index (χ0) is 14.2. The van der Waals surface area contributed by atoms with Crippen LogP contribution in [0.2, 0.25) is 0 Å². The Morgan fingerprint density at radius 3 is 2.22 bits per heavy atom. The molecule has 0 spiro atoms. The Kier molecular flexibility index (Phi) is 7.42. The van der Waals surface area contributed by atoms with E-state index in [0.717, 1.165) is 0 Å². The first-order chi connectivity index (χ1) is 8.33. The van der Waals surface area contributed by atoms with Crippen molar-refractivity contribution in [1.82, 2.24) is 4.72 Å². The Labute approximate surface area is 109 Å². The van der Waals surface area contributed by atoms with Crippen LogP contribution >= 0.6 is 0 Å². The predicted molar refractivity (Wildman–Crippen MR) is 68.9 cm³/mol. The molecule has 0 atom stereocenters. The van der Waals surface area contributed by atoms with Crippen molar-refractivity contribution in [3.63, 3.8) is 0 Å². The van der Waals surface area contributed by atoms with Gasteiger partial charge >= 0.3 is 5.97 Å². The summed E-state index contributed by atoms with van der Waals surface area (Å²) >= 11 is 0.